The maximum Gasteiger partial charge on any atom is 0.270 e. The van der Waals surface area contributed by atoms with E-state index in [9.17, 15) is 24.1 Å². The summed E-state index contributed by atoms with van der Waals surface area (Å²) in [5.41, 5.74) is 0.570. The van der Waals surface area contributed by atoms with Crippen molar-refractivity contribution < 1.29 is 18.9 Å². The van der Waals surface area contributed by atoms with Crippen molar-refractivity contribution in [3.8, 4) is 0 Å². The van der Waals surface area contributed by atoms with E-state index < -0.39 is 16.6 Å². The Morgan fingerprint density at radius 1 is 1.12 bits per heavy atom. The summed E-state index contributed by atoms with van der Waals surface area (Å²) in [5, 5.41) is 14.2. The van der Waals surface area contributed by atoms with Gasteiger partial charge in [0.05, 0.1) is 21.2 Å². The Kier molecular flexibility index (Phi) is 6.62. The molecule has 1 N–H and O–H groups in total. The zero-order valence-corrected chi connectivity index (χ0v) is 18.7. The van der Waals surface area contributed by atoms with E-state index >= 15 is 0 Å². The van der Waals surface area contributed by atoms with E-state index in [2.05, 4.69) is 5.32 Å². The minimum atomic E-state index is -0.649. The fraction of sp³-hybridized carbons (Fsp3) is 0.130. The van der Waals surface area contributed by atoms with Crippen molar-refractivity contribution in [1.82, 2.24) is 0 Å². The molecule has 1 aliphatic rings. The van der Waals surface area contributed by atoms with Crippen LogP contribution in [0.3, 0.4) is 0 Å². The summed E-state index contributed by atoms with van der Waals surface area (Å²) in [4.78, 5) is 38.1. The molecule has 0 unspecified atom stereocenters. The first-order valence-corrected chi connectivity index (χ1v) is 11.1. The van der Waals surface area contributed by atoms with Crippen LogP contribution in [0.25, 0.3) is 0 Å². The van der Waals surface area contributed by atoms with Crippen LogP contribution in [0, 0.1) is 15.9 Å². The molecule has 0 atom stereocenters. The highest BCUT2D eigenvalue weighted by Gasteiger charge is 2.23. The zero-order chi connectivity index (χ0) is 23.5. The Labute approximate surface area is 197 Å². The number of benzene rings is 3. The lowest BCUT2D eigenvalue weighted by Gasteiger charge is -2.18. The van der Waals surface area contributed by atoms with Crippen LogP contribution in [0.5, 0.6) is 0 Å². The molecular formula is C23H17ClFN3O4S. The van der Waals surface area contributed by atoms with Gasteiger partial charge in [0.1, 0.15) is 5.82 Å². The predicted octanol–water partition coefficient (Wildman–Crippen LogP) is 5.92. The molecular weight excluding hydrogens is 469 g/mol. The number of nitrogens with one attached hydrogen (secondary N) is 1. The first-order chi connectivity index (χ1) is 15.8. The molecule has 3 aromatic carbocycles. The second-order valence-electron chi connectivity index (χ2n) is 7.24. The highest BCUT2D eigenvalue weighted by Crippen LogP contribution is 2.35. The van der Waals surface area contributed by atoms with Gasteiger partial charge in [-0.15, -0.1) is 0 Å². The topological polar surface area (TPSA) is 92.6 Å². The molecule has 0 radical (unpaired) electrons. The van der Waals surface area contributed by atoms with E-state index in [-0.39, 0.29) is 32.8 Å². The van der Waals surface area contributed by atoms with Gasteiger partial charge in [-0.25, -0.2) is 4.39 Å². The first-order valence-electron chi connectivity index (χ1n) is 9.95. The maximum absolute atomic E-state index is 14.2. The minimum absolute atomic E-state index is 0.00354. The van der Waals surface area contributed by atoms with E-state index in [1.807, 2.05) is 0 Å². The second kappa shape index (κ2) is 9.60. The van der Waals surface area contributed by atoms with Crippen molar-refractivity contribution in [2.75, 3.05) is 16.8 Å². The van der Waals surface area contributed by atoms with Crippen LogP contribution >= 0.6 is 23.4 Å². The fourth-order valence-corrected chi connectivity index (χ4v) is 4.54. The molecule has 0 bridgehead atoms. The average Bonchev–Trinajstić information content (AvgIpc) is 3.22. The van der Waals surface area contributed by atoms with Gasteiger partial charge in [-0.3, -0.25) is 19.7 Å². The van der Waals surface area contributed by atoms with E-state index in [4.69, 9.17) is 11.6 Å². The number of hydrogen-bond acceptors (Lipinski definition) is 5. The van der Waals surface area contributed by atoms with Crippen molar-refractivity contribution in [2.24, 2.45) is 0 Å². The highest BCUT2D eigenvalue weighted by molar-refractivity contribution is 7.99. The van der Waals surface area contributed by atoms with Crippen LogP contribution in [-0.2, 0) is 4.79 Å². The van der Waals surface area contributed by atoms with Crippen molar-refractivity contribution >= 4 is 52.2 Å². The molecule has 1 aliphatic heterocycles. The van der Waals surface area contributed by atoms with E-state index in [0.29, 0.717) is 23.5 Å². The molecule has 1 fully saturated rings. The number of nitrogens with zero attached hydrogens (tertiary/aromatic N) is 2. The van der Waals surface area contributed by atoms with Gasteiger partial charge in [-0.1, -0.05) is 35.5 Å². The third-order valence-corrected chi connectivity index (χ3v) is 6.51. The summed E-state index contributed by atoms with van der Waals surface area (Å²) in [6.45, 7) is 0.572. The summed E-state index contributed by atoms with van der Waals surface area (Å²) in [7, 11) is 0. The third-order valence-electron chi connectivity index (χ3n) is 5.06. The molecule has 10 heteroatoms. The smallest absolute Gasteiger partial charge is 0.270 e. The molecule has 0 spiro atoms. The Morgan fingerprint density at radius 3 is 2.61 bits per heavy atom. The van der Waals surface area contributed by atoms with Crippen molar-refractivity contribution in [1.29, 1.82) is 0 Å². The molecule has 2 amide bonds. The summed E-state index contributed by atoms with van der Waals surface area (Å²) in [5.74, 6) is -1.14. The number of nitro benzene ring substituents is 1. The number of halogens is 2. The Balaban J connectivity index is 1.67. The van der Waals surface area contributed by atoms with E-state index in [1.165, 1.54) is 18.2 Å². The van der Waals surface area contributed by atoms with Gasteiger partial charge in [0.15, 0.2) is 0 Å². The van der Waals surface area contributed by atoms with Gasteiger partial charge in [0.25, 0.3) is 11.6 Å². The first kappa shape index (κ1) is 22.8. The van der Waals surface area contributed by atoms with Crippen LogP contribution in [0.2, 0.25) is 5.02 Å². The summed E-state index contributed by atoms with van der Waals surface area (Å²) < 4.78 is 14.2. The number of nitro groups is 1. The van der Waals surface area contributed by atoms with Crippen molar-refractivity contribution in [3.63, 3.8) is 0 Å². The van der Waals surface area contributed by atoms with Gasteiger partial charge in [-0.2, -0.15) is 0 Å². The minimum Gasteiger partial charge on any atom is -0.321 e. The fourth-order valence-electron chi connectivity index (χ4n) is 3.43. The normalized spacial score (nSPS) is 13.3. The number of rotatable bonds is 6. The molecule has 7 nitrogen and oxygen atoms in total. The molecule has 0 aliphatic carbocycles. The number of anilines is 2. The number of carbonyl (C=O) groups is 2. The molecule has 0 saturated carbocycles. The Morgan fingerprint density at radius 2 is 1.91 bits per heavy atom. The van der Waals surface area contributed by atoms with Crippen LogP contribution in [-0.4, -0.2) is 23.3 Å². The van der Waals surface area contributed by atoms with Crippen molar-refractivity contribution in [2.45, 2.75) is 22.6 Å². The standard InChI is InChI=1S/C23H17ClFN3O4S/c24-17-9-7-14(27-11-3-6-22(27)29)13-19(17)26-23(30)16-12-15(28(31)32)8-10-20(16)33-21-5-2-1-4-18(21)25/h1-2,4-5,7-10,12-13H,3,6,11H2,(H,26,30). The lowest BCUT2D eigenvalue weighted by molar-refractivity contribution is -0.384. The Bertz CT molecular complexity index is 1270. The average molecular weight is 486 g/mol. The van der Waals surface area contributed by atoms with Crippen LogP contribution in [0.4, 0.5) is 21.5 Å². The maximum atomic E-state index is 14.2. The van der Waals surface area contributed by atoms with E-state index in [0.717, 1.165) is 24.2 Å². The second-order valence-corrected chi connectivity index (χ2v) is 8.73. The third kappa shape index (κ3) is 4.99. The molecule has 168 valence electrons. The number of non-ortho nitro benzene ring substituents is 1. The van der Waals surface area contributed by atoms with Crippen LogP contribution < -0.4 is 10.2 Å². The SMILES string of the molecule is O=C(Nc1cc(N2CCCC2=O)ccc1Cl)c1cc([N+](=O)[O-])ccc1Sc1ccccc1F. The largest absolute Gasteiger partial charge is 0.321 e. The van der Waals surface area contributed by atoms with Crippen molar-refractivity contribution in [3.05, 3.63) is 87.2 Å². The van der Waals surface area contributed by atoms with Gasteiger partial charge < -0.3 is 10.2 Å². The zero-order valence-electron chi connectivity index (χ0n) is 17.1. The molecule has 33 heavy (non-hydrogen) atoms. The number of hydrogen-bond donors (Lipinski definition) is 1. The molecule has 1 heterocycles. The number of carbonyl (C=O) groups excluding carboxylic acids is 2. The molecule has 4 rings (SSSR count). The summed E-state index contributed by atoms with van der Waals surface area (Å²) in [6, 6.07) is 14.7. The molecule has 0 aromatic heterocycles. The summed E-state index contributed by atoms with van der Waals surface area (Å²) >= 11 is 7.25. The van der Waals surface area contributed by atoms with Gasteiger partial charge in [0, 0.05) is 40.6 Å². The predicted molar refractivity (Wildman–Crippen MR) is 125 cm³/mol. The quantitative estimate of drug-likeness (QED) is 0.345. The van der Waals surface area contributed by atoms with Crippen LogP contribution in [0.1, 0.15) is 23.2 Å². The lowest BCUT2D eigenvalue weighted by Crippen LogP contribution is -2.24. The lowest BCUT2D eigenvalue weighted by atomic mass is 10.1. The van der Waals surface area contributed by atoms with Gasteiger partial charge in [-0.05, 0) is 42.8 Å². The van der Waals surface area contributed by atoms with E-state index in [1.54, 1.807) is 41.3 Å². The van der Waals surface area contributed by atoms with Gasteiger partial charge >= 0.3 is 0 Å². The number of amides is 2. The monoisotopic (exact) mass is 485 g/mol. The highest BCUT2D eigenvalue weighted by atomic mass is 35.5. The molecule has 1 saturated heterocycles. The molecule has 3 aromatic rings. The van der Waals surface area contributed by atoms with Gasteiger partial charge in [0.2, 0.25) is 5.91 Å². The summed E-state index contributed by atoms with van der Waals surface area (Å²) in [6.07, 6.45) is 1.20. The Hall–Kier alpha value is -3.43. The van der Waals surface area contributed by atoms with Crippen LogP contribution in [0.15, 0.2) is 70.5 Å².